The zero-order valence-electron chi connectivity index (χ0n) is 16.6. The largest absolute Gasteiger partial charge is 0.414 e. The van der Waals surface area contributed by atoms with Crippen LogP contribution in [0.25, 0.3) is 23.0 Å². The van der Waals surface area contributed by atoms with Gasteiger partial charge in [-0.1, -0.05) is 18.2 Å². The van der Waals surface area contributed by atoms with E-state index in [1.807, 2.05) is 35.2 Å². The maximum atomic E-state index is 12.3. The highest BCUT2D eigenvalue weighted by molar-refractivity contribution is 7.86. The standard InChI is InChI=1S/C18H22N8O3S/c1-24(2)30(27,28)26-10-8-25(9-11-26)14-12-20-16(19)15(21-14)18-23-22-17(29-18)13-6-4-3-5-7-13/h3-7,12H,8-11H2,1-2H3,(H2,19,20). The molecule has 1 aromatic carbocycles. The van der Waals surface area contributed by atoms with Gasteiger partial charge in [-0.05, 0) is 12.1 Å². The van der Waals surface area contributed by atoms with E-state index in [0.29, 0.717) is 43.6 Å². The van der Waals surface area contributed by atoms with Gasteiger partial charge in [0, 0.05) is 45.8 Å². The van der Waals surface area contributed by atoms with Gasteiger partial charge in [-0.25, -0.2) is 9.97 Å². The third-order valence-electron chi connectivity index (χ3n) is 4.79. The van der Waals surface area contributed by atoms with E-state index in [9.17, 15) is 8.42 Å². The molecule has 0 spiro atoms. The van der Waals surface area contributed by atoms with E-state index in [4.69, 9.17) is 10.2 Å². The highest BCUT2D eigenvalue weighted by Gasteiger charge is 2.29. The lowest BCUT2D eigenvalue weighted by Gasteiger charge is -2.35. The number of benzene rings is 1. The molecule has 1 fully saturated rings. The van der Waals surface area contributed by atoms with Gasteiger partial charge in [0.1, 0.15) is 5.82 Å². The number of nitrogen functional groups attached to an aromatic ring is 1. The Bertz CT molecular complexity index is 1130. The van der Waals surface area contributed by atoms with Crippen molar-refractivity contribution in [3.63, 3.8) is 0 Å². The summed E-state index contributed by atoms with van der Waals surface area (Å²) in [6.45, 7) is 1.65. The molecule has 0 amide bonds. The predicted octanol–water partition coefficient (Wildman–Crippen LogP) is 0.704. The number of piperazine rings is 1. The van der Waals surface area contributed by atoms with E-state index in [-0.39, 0.29) is 11.7 Å². The molecule has 0 saturated carbocycles. The lowest BCUT2D eigenvalue weighted by atomic mass is 10.2. The summed E-state index contributed by atoms with van der Waals surface area (Å²) < 4.78 is 33.0. The Morgan fingerprint density at radius 2 is 1.70 bits per heavy atom. The minimum absolute atomic E-state index is 0.175. The molecule has 2 aromatic heterocycles. The lowest BCUT2D eigenvalue weighted by molar-refractivity contribution is 0.355. The molecule has 4 rings (SSSR count). The van der Waals surface area contributed by atoms with Gasteiger partial charge < -0.3 is 15.1 Å². The Kier molecular flexibility index (Phi) is 5.37. The van der Waals surface area contributed by atoms with Crippen LogP contribution in [-0.2, 0) is 10.2 Å². The molecule has 0 unspecified atom stereocenters. The van der Waals surface area contributed by atoms with E-state index >= 15 is 0 Å². The molecular weight excluding hydrogens is 408 g/mol. The van der Waals surface area contributed by atoms with Crippen LogP contribution in [-0.4, -0.2) is 77.5 Å². The number of aromatic nitrogens is 4. The van der Waals surface area contributed by atoms with Crippen molar-refractivity contribution in [2.24, 2.45) is 0 Å². The van der Waals surface area contributed by atoms with E-state index in [1.165, 1.54) is 22.7 Å². The number of hydrogen-bond acceptors (Lipinski definition) is 9. The van der Waals surface area contributed by atoms with Crippen LogP contribution in [0.2, 0.25) is 0 Å². The average molecular weight is 430 g/mol. The van der Waals surface area contributed by atoms with Crippen molar-refractivity contribution in [1.29, 1.82) is 0 Å². The molecule has 3 heterocycles. The van der Waals surface area contributed by atoms with Crippen molar-refractivity contribution in [1.82, 2.24) is 28.8 Å². The molecule has 2 N–H and O–H groups in total. The molecule has 12 heteroatoms. The molecule has 0 atom stereocenters. The van der Waals surface area contributed by atoms with Gasteiger partial charge in [0.15, 0.2) is 11.5 Å². The summed E-state index contributed by atoms with van der Waals surface area (Å²) in [5.74, 6) is 1.28. The second-order valence-corrected chi connectivity index (χ2v) is 9.06. The van der Waals surface area contributed by atoms with Crippen LogP contribution in [0.4, 0.5) is 11.6 Å². The minimum Gasteiger partial charge on any atom is -0.414 e. The molecule has 1 saturated heterocycles. The van der Waals surface area contributed by atoms with E-state index in [2.05, 4.69) is 20.2 Å². The third kappa shape index (κ3) is 3.84. The number of anilines is 2. The van der Waals surface area contributed by atoms with Crippen LogP contribution in [0.15, 0.2) is 40.9 Å². The van der Waals surface area contributed by atoms with Crippen LogP contribution >= 0.6 is 0 Å². The Balaban J connectivity index is 1.54. The normalized spacial score (nSPS) is 15.6. The Hall–Kier alpha value is -3.09. The molecule has 0 bridgehead atoms. The van der Waals surface area contributed by atoms with Gasteiger partial charge in [0.05, 0.1) is 6.20 Å². The Morgan fingerprint density at radius 1 is 1.03 bits per heavy atom. The van der Waals surface area contributed by atoms with E-state index in [1.54, 1.807) is 6.20 Å². The van der Waals surface area contributed by atoms with Gasteiger partial charge in [0.25, 0.3) is 16.1 Å². The smallest absolute Gasteiger partial charge is 0.281 e. The number of rotatable bonds is 5. The fourth-order valence-corrected chi connectivity index (χ4v) is 4.18. The van der Waals surface area contributed by atoms with E-state index < -0.39 is 10.2 Å². The fourth-order valence-electron chi connectivity index (χ4n) is 3.09. The average Bonchev–Trinajstić information content (AvgIpc) is 3.25. The molecule has 3 aromatic rings. The van der Waals surface area contributed by atoms with Crippen molar-refractivity contribution in [2.75, 3.05) is 50.9 Å². The topological polar surface area (TPSA) is 135 Å². The Morgan fingerprint density at radius 3 is 2.37 bits per heavy atom. The summed E-state index contributed by atoms with van der Waals surface area (Å²) in [7, 11) is -0.394. The first-order valence-electron chi connectivity index (χ1n) is 9.30. The maximum Gasteiger partial charge on any atom is 0.281 e. The molecule has 1 aliphatic heterocycles. The van der Waals surface area contributed by atoms with Crippen LogP contribution in [0.1, 0.15) is 0 Å². The predicted molar refractivity (Wildman–Crippen MR) is 112 cm³/mol. The Labute approximate surface area is 174 Å². The van der Waals surface area contributed by atoms with Crippen molar-refractivity contribution >= 4 is 21.8 Å². The first-order valence-corrected chi connectivity index (χ1v) is 10.7. The maximum absolute atomic E-state index is 12.3. The van der Waals surface area contributed by atoms with Gasteiger partial charge in [-0.2, -0.15) is 17.0 Å². The number of nitrogens with zero attached hydrogens (tertiary/aromatic N) is 7. The first kappa shape index (κ1) is 20.2. The summed E-state index contributed by atoms with van der Waals surface area (Å²) in [6.07, 6.45) is 1.56. The monoisotopic (exact) mass is 430 g/mol. The molecule has 0 aliphatic carbocycles. The van der Waals surface area contributed by atoms with Crippen LogP contribution in [0.3, 0.4) is 0 Å². The second kappa shape index (κ2) is 7.97. The van der Waals surface area contributed by atoms with E-state index in [0.717, 1.165) is 5.56 Å². The lowest BCUT2D eigenvalue weighted by Crippen LogP contribution is -2.51. The molecule has 11 nitrogen and oxygen atoms in total. The van der Waals surface area contributed by atoms with Crippen molar-refractivity contribution in [2.45, 2.75) is 0 Å². The number of hydrogen-bond donors (Lipinski definition) is 1. The number of nitrogens with two attached hydrogens (primary N) is 1. The zero-order chi connectivity index (χ0) is 21.3. The van der Waals surface area contributed by atoms with Gasteiger partial charge in [-0.3, -0.25) is 0 Å². The van der Waals surface area contributed by atoms with Crippen molar-refractivity contribution in [3.8, 4) is 23.0 Å². The van der Waals surface area contributed by atoms with Gasteiger partial charge >= 0.3 is 0 Å². The summed E-state index contributed by atoms with van der Waals surface area (Å²) in [4.78, 5) is 10.7. The summed E-state index contributed by atoms with van der Waals surface area (Å²) in [5, 5.41) is 8.13. The third-order valence-corrected chi connectivity index (χ3v) is 6.73. The summed E-state index contributed by atoms with van der Waals surface area (Å²) in [6, 6.07) is 9.39. The summed E-state index contributed by atoms with van der Waals surface area (Å²) >= 11 is 0. The second-order valence-electron chi connectivity index (χ2n) is 6.92. The molecular formula is C18H22N8O3S. The van der Waals surface area contributed by atoms with Gasteiger partial charge in [0.2, 0.25) is 5.89 Å². The quantitative estimate of drug-likeness (QED) is 0.620. The SMILES string of the molecule is CN(C)S(=O)(=O)N1CCN(c2cnc(N)c(-c3nnc(-c4ccccc4)o3)n2)CC1. The molecule has 0 radical (unpaired) electrons. The van der Waals surface area contributed by atoms with Crippen LogP contribution < -0.4 is 10.6 Å². The highest BCUT2D eigenvalue weighted by Crippen LogP contribution is 2.27. The van der Waals surface area contributed by atoms with Crippen LogP contribution in [0.5, 0.6) is 0 Å². The molecule has 1 aliphatic rings. The fraction of sp³-hybridized carbons (Fsp3) is 0.333. The first-order chi connectivity index (χ1) is 14.4. The van der Waals surface area contributed by atoms with Crippen molar-refractivity contribution < 1.29 is 12.8 Å². The highest BCUT2D eigenvalue weighted by atomic mass is 32.2. The molecule has 158 valence electrons. The minimum atomic E-state index is -3.44. The molecule has 30 heavy (non-hydrogen) atoms. The van der Waals surface area contributed by atoms with Crippen LogP contribution in [0, 0.1) is 0 Å². The summed E-state index contributed by atoms with van der Waals surface area (Å²) in [5.41, 5.74) is 7.08. The zero-order valence-corrected chi connectivity index (χ0v) is 17.4. The van der Waals surface area contributed by atoms with Gasteiger partial charge in [-0.15, -0.1) is 10.2 Å². The van der Waals surface area contributed by atoms with Crippen molar-refractivity contribution in [3.05, 3.63) is 36.5 Å².